The van der Waals surface area contributed by atoms with Gasteiger partial charge < -0.3 is 9.84 Å². The molecule has 0 aliphatic carbocycles. The molecule has 0 fully saturated rings. The summed E-state index contributed by atoms with van der Waals surface area (Å²) in [5, 5.41) is 9.88. The predicted molar refractivity (Wildman–Crippen MR) is 48.6 cm³/mol. The van der Waals surface area contributed by atoms with Gasteiger partial charge in [0.25, 0.3) is 0 Å². The van der Waals surface area contributed by atoms with Gasteiger partial charge in [0.1, 0.15) is 11.8 Å². The molecule has 0 aliphatic rings. The first-order valence-electron chi connectivity index (χ1n) is 4.23. The molecule has 0 saturated carbocycles. The molecule has 0 heterocycles. The molecule has 3 N–H and O–H groups in total. The Morgan fingerprint density at radius 1 is 1.62 bits per heavy atom. The van der Waals surface area contributed by atoms with E-state index in [1.54, 1.807) is 27.7 Å². The highest BCUT2D eigenvalue weighted by Crippen LogP contribution is 2.09. The van der Waals surface area contributed by atoms with E-state index in [9.17, 15) is 9.90 Å². The minimum Gasteiger partial charge on any atom is -0.443 e. The summed E-state index contributed by atoms with van der Waals surface area (Å²) >= 11 is 0. The monoisotopic (exact) mass is 190 g/mol. The predicted octanol–water partition coefficient (Wildman–Crippen LogP) is 0.826. The van der Waals surface area contributed by atoms with E-state index >= 15 is 0 Å². The Bertz CT molecular complexity index is 177. The van der Waals surface area contributed by atoms with E-state index in [1.807, 2.05) is 0 Å². The molecule has 1 unspecified atom stereocenters. The van der Waals surface area contributed by atoms with Crippen LogP contribution in [0.4, 0.5) is 4.79 Å². The number of nitrogens with zero attached hydrogens (tertiary/aromatic N) is 1. The van der Waals surface area contributed by atoms with Crippen LogP contribution in [-0.4, -0.2) is 28.0 Å². The lowest BCUT2D eigenvalue weighted by Gasteiger charge is -2.26. The summed E-state index contributed by atoms with van der Waals surface area (Å²) < 4.78 is 4.92. The molecule has 0 aromatic rings. The van der Waals surface area contributed by atoms with Gasteiger partial charge in [0.2, 0.25) is 0 Å². The van der Waals surface area contributed by atoms with Gasteiger partial charge in [-0.2, -0.15) is 0 Å². The van der Waals surface area contributed by atoms with Gasteiger partial charge in [-0.3, -0.25) is 0 Å². The van der Waals surface area contributed by atoms with Crippen molar-refractivity contribution in [1.82, 2.24) is 5.01 Å². The number of hydrogen-bond acceptors (Lipinski definition) is 4. The number of carbonyl (C=O) groups excluding carboxylic acids is 1. The third-order valence-corrected chi connectivity index (χ3v) is 1.29. The molecule has 0 radical (unpaired) electrons. The van der Waals surface area contributed by atoms with Crippen molar-refractivity contribution in [3.63, 3.8) is 0 Å². The summed E-state index contributed by atoms with van der Waals surface area (Å²) in [5.41, 5.74) is -0.595. The number of aliphatic hydroxyl groups is 1. The topological polar surface area (TPSA) is 75.8 Å². The molecule has 78 valence electrons. The smallest absolute Gasteiger partial charge is 0.426 e. The molecule has 5 heteroatoms. The van der Waals surface area contributed by atoms with Crippen molar-refractivity contribution in [2.45, 2.75) is 45.9 Å². The summed E-state index contributed by atoms with van der Waals surface area (Å²) in [4.78, 5) is 11.2. The number of nitrogens with two attached hydrogens (primary N) is 1. The minimum absolute atomic E-state index is 0.371. The summed E-state index contributed by atoms with van der Waals surface area (Å²) in [7, 11) is 0. The van der Waals surface area contributed by atoms with Crippen molar-refractivity contribution >= 4 is 6.09 Å². The average Bonchev–Trinajstić information content (AvgIpc) is 1.98. The molecule has 5 nitrogen and oxygen atoms in total. The van der Waals surface area contributed by atoms with Crippen LogP contribution in [0.5, 0.6) is 0 Å². The number of amides is 1. The van der Waals surface area contributed by atoms with Crippen LogP contribution in [0.25, 0.3) is 0 Å². The van der Waals surface area contributed by atoms with E-state index in [0.717, 1.165) is 0 Å². The highest BCUT2D eigenvalue weighted by atomic mass is 16.6. The van der Waals surface area contributed by atoms with Crippen molar-refractivity contribution in [3.8, 4) is 0 Å². The fourth-order valence-corrected chi connectivity index (χ4v) is 0.633. The lowest BCUT2D eigenvalue weighted by molar-refractivity contribution is -0.0320. The molecule has 13 heavy (non-hydrogen) atoms. The van der Waals surface area contributed by atoms with Crippen LogP contribution in [-0.2, 0) is 4.74 Å². The fourth-order valence-electron chi connectivity index (χ4n) is 0.633. The van der Waals surface area contributed by atoms with E-state index in [1.165, 1.54) is 0 Å². The Balaban J connectivity index is 4.12. The van der Waals surface area contributed by atoms with Crippen LogP contribution in [0.1, 0.15) is 34.1 Å². The van der Waals surface area contributed by atoms with E-state index in [2.05, 4.69) is 0 Å². The Hall–Kier alpha value is -0.810. The van der Waals surface area contributed by atoms with Crippen molar-refractivity contribution in [1.29, 1.82) is 0 Å². The average molecular weight is 190 g/mol. The zero-order chi connectivity index (χ0) is 10.6. The lowest BCUT2D eigenvalue weighted by Crippen LogP contribution is -2.47. The molecule has 0 spiro atoms. The molecule has 0 aromatic heterocycles. The fraction of sp³-hybridized carbons (Fsp3) is 0.875. The van der Waals surface area contributed by atoms with Gasteiger partial charge in [-0.25, -0.2) is 15.6 Å². The van der Waals surface area contributed by atoms with Crippen molar-refractivity contribution in [2.24, 2.45) is 5.84 Å². The van der Waals surface area contributed by atoms with Crippen LogP contribution in [0.3, 0.4) is 0 Å². The third kappa shape index (κ3) is 4.69. The second-order valence-corrected chi connectivity index (χ2v) is 3.78. The molecular weight excluding hydrogens is 172 g/mol. The normalized spacial score (nSPS) is 13.7. The number of carbonyl (C=O) groups is 1. The zero-order valence-electron chi connectivity index (χ0n) is 8.57. The van der Waals surface area contributed by atoms with Crippen LogP contribution < -0.4 is 5.84 Å². The van der Waals surface area contributed by atoms with Gasteiger partial charge in [-0.15, -0.1) is 0 Å². The second-order valence-electron chi connectivity index (χ2n) is 3.78. The summed E-state index contributed by atoms with van der Waals surface area (Å²) in [5.74, 6) is 5.29. The third-order valence-electron chi connectivity index (χ3n) is 1.29. The molecular formula is C8H18N2O3. The maximum atomic E-state index is 11.2. The Morgan fingerprint density at radius 2 is 2.08 bits per heavy atom. The first-order chi connectivity index (χ1) is 5.78. The highest BCUT2D eigenvalue weighted by molar-refractivity contribution is 5.67. The number of hydrogen-bond donors (Lipinski definition) is 2. The van der Waals surface area contributed by atoms with Crippen molar-refractivity contribution < 1.29 is 14.6 Å². The van der Waals surface area contributed by atoms with Crippen LogP contribution in [0.15, 0.2) is 0 Å². The Kier molecular flexibility index (Phi) is 4.16. The first kappa shape index (κ1) is 12.2. The van der Waals surface area contributed by atoms with Crippen LogP contribution >= 0.6 is 0 Å². The molecule has 0 bridgehead atoms. The Morgan fingerprint density at radius 3 is 2.38 bits per heavy atom. The number of hydrazine groups is 1. The SMILES string of the molecule is CCC(O)N(N)C(=O)OC(C)(C)C. The van der Waals surface area contributed by atoms with Gasteiger partial charge in [0.15, 0.2) is 0 Å². The van der Waals surface area contributed by atoms with E-state index in [-0.39, 0.29) is 0 Å². The quantitative estimate of drug-likeness (QED) is 0.292. The molecule has 0 saturated heterocycles. The van der Waals surface area contributed by atoms with E-state index in [4.69, 9.17) is 10.6 Å². The lowest BCUT2D eigenvalue weighted by atomic mass is 10.2. The van der Waals surface area contributed by atoms with Gasteiger partial charge in [-0.05, 0) is 27.2 Å². The standard InChI is InChI=1S/C8H18N2O3/c1-5-6(11)10(9)7(12)13-8(2,3)4/h6,11H,5,9H2,1-4H3. The maximum Gasteiger partial charge on any atom is 0.426 e. The van der Waals surface area contributed by atoms with Crippen LogP contribution in [0.2, 0.25) is 0 Å². The zero-order valence-corrected chi connectivity index (χ0v) is 8.57. The van der Waals surface area contributed by atoms with Gasteiger partial charge in [-0.1, -0.05) is 6.92 Å². The number of aliphatic hydroxyl groups excluding tert-OH is 1. The second kappa shape index (κ2) is 4.43. The van der Waals surface area contributed by atoms with Crippen LogP contribution in [0, 0.1) is 0 Å². The highest BCUT2D eigenvalue weighted by Gasteiger charge is 2.23. The van der Waals surface area contributed by atoms with Crippen molar-refractivity contribution in [3.05, 3.63) is 0 Å². The first-order valence-corrected chi connectivity index (χ1v) is 4.23. The number of rotatable bonds is 2. The minimum atomic E-state index is -0.991. The van der Waals surface area contributed by atoms with Gasteiger partial charge in [0, 0.05) is 0 Å². The van der Waals surface area contributed by atoms with Gasteiger partial charge in [0.05, 0.1) is 0 Å². The summed E-state index contributed by atoms with van der Waals surface area (Å²) in [6, 6.07) is 0. The molecule has 0 aromatic carbocycles. The molecule has 0 aliphatic heterocycles. The van der Waals surface area contributed by atoms with E-state index in [0.29, 0.717) is 11.4 Å². The largest absolute Gasteiger partial charge is 0.443 e. The van der Waals surface area contributed by atoms with Crippen molar-refractivity contribution in [2.75, 3.05) is 0 Å². The Labute approximate surface area is 78.4 Å². The van der Waals surface area contributed by atoms with Gasteiger partial charge >= 0.3 is 6.09 Å². The number of ether oxygens (including phenoxy) is 1. The maximum absolute atomic E-state index is 11.2. The molecule has 1 atom stereocenters. The van der Waals surface area contributed by atoms with E-state index < -0.39 is 17.9 Å². The summed E-state index contributed by atoms with van der Waals surface area (Å²) in [6.45, 7) is 6.92. The molecule has 1 amide bonds. The molecule has 0 rings (SSSR count). The summed E-state index contributed by atoms with van der Waals surface area (Å²) in [6.07, 6.45) is -1.34.